The summed E-state index contributed by atoms with van der Waals surface area (Å²) < 4.78 is 33.0. The van der Waals surface area contributed by atoms with Crippen molar-refractivity contribution >= 4 is 11.8 Å². The molecule has 1 aliphatic rings. The van der Waals surface area contributed by atoms with Crippen LogP contribution < -0.4 is 10.7 Å². The number of aromatic hydroxyl groups is 1. The van der Waals surface area contributed by atoms with Gasteiger partial charge in [-0.15, -0.1) is 0 Å². The van der Waals surface area contributed by atoms with E-state index in [9.17, 15) is 28.3 Å². The Morgan fingerprint density at radius 2 is 2.03 bits per heavy atom. The molecule has 11 heteroatoms. The largest absolute Gasteiger partial charge is 0.503 e. The van der Waals surface area contributed by atoms with E-state index in [0.29, 0.717) is 6.07 Å². The van der Waals surface area contributed by atoms with Gasteiger partial charge >= 0.3 is 0 Å². The van der Waals surface area contributed by atoms with Crippen molar-refractivity contribution in [3.63, 3.8) is 0 Å². The Bertz CT molecular complexity index is 1060. The molecule has 0 saturated carbocycles. The number of aromatic nitrogens is 1. The van der Waals surface area contributed by atoms with Crippen molar-refractivity contribution in [3.05, 3.63) is 63.1 Å². The lowest BCUT2D eigenvalue weighted by molar-refractivity contribution is -0.0360. The van der Waals surface area contributed by atoms with Crippen LogP contribution in [-0.2, 0) is 18.0 Å². The van der Waals surface area contributed by atoms with Gasteiger partial charge in [-0.1, -0.05) is 6.07 Å². The van der Waals surface area contributed by atoms with Crippen molar-refractivity contribution in [3.8, 4) is 5.75 Å². The van der Waals surface area contributed by atoms with Crippen LogP contribution in [-0.4, -0.2) is 58.8 Å². The fourth-order valence-corrected chi connectivity index (χ4v) is 3.11. The Kier molecular flexibility index (Phi) is 6.13. The van der Waals surface area contributed by atoms with Gasteiger partial charge in [-0.25, -0.2) is 13.8 Å². The lowest BCUT2D eigenvalue weighted by Gasteiger charge is -2.37. The minimum Gasteiger partial charge on any atom is -0.503 e. The standard InChI is InChI=1S/C19H20F2N4O5/c1-23-10-24-9-13(18(28)22-8-11-3-4-12(20)7-14(11)21)16(26)17(27)15(24)19(29)25(23)5-6-30-2/h3-4,7,9,27H,5-6,8,10H2,1-2H3,(H,22,28). The average molecular weight is 422 g/mol. The van der Waals surface area contributed by atoms with Crippen molar-refractivity contribution in [2.45, 2.75) is 13.2 Å². The third kappa shape index (κ3) is 4.02. The zero-order chi connectivity index (χ0) is 22.0. The molecule has 0 atom stereocenters. The minimum atomic E-state index is -1.03. The SMILES string of the molecule is COCCN1C(=O)c2c(O)c(=O)c(C(=O)NCc3ccc(F)cc3F)cn2CN1C. The highest BCUT2D eigenvalue weighted by Gasteiger charge is 2.33. The van der Waals surface area contributed by atoms with Crippen LogP contribution in [0.3, 0.4) is 0 Å². The molecule has 0 bridgehead atoms. The molecule has 2 aromatic rings. The van der Waals surface area contributed by atoms with Gasteiger partial charge in [-0.05, 0) is 6.07 Å². The molecular formula is C19H20F2N4O5. The highest BCUT2D eigenvalue weighted by Crippen LogP contribution is 2.22. The average Bonchev–Trinajstić information content (AvgIpc) is 2.69. The quantitative estimate of drug-likeness (QED) is 0.709. The molecule has 2 amide bonds. The predicted octanol–water partition coefficient (Wildman–Crippen LogP) is 0.669. The first kappa shape index (κ1) is 21.4. The Morgan fingerprint density at radius 1 is 1.30 bits per heavy atom. The zero-order valence-corrected chi connectivity index (χ0v) is 16.3. The summed E-state index contributed by atoms with van der Waals surface area (Å²) in [5.41, 5.74) is -1.65. The van der Waals surface area contributed by atoms with E-state index < -0.39 is 40.2 Å². The fraction of sp³-hybridized carbons (Fsp3) is 0.316. The molecule has 9 nitrogen and oxygen atoms in total. The van der Waals surface area contributed by atoms with E-state index in [0.717, 1.165) is 12.3 Å². The molecule has 160 valence electrons. The topological polar surface area (TPSA) is 104 Å². The second-order valence-electron chi connectivity index (χ2n) is 6.68. The van der Waals surface area contributed by atoms with E-state index in [1.807, 2.05) is 0 Å². The van der Waals surface area contributed by atoms with Crippen LogP contribution in [0.5, 0.6) is 5.75 Å². The van der Waals surface area contributed by atoms with Crippen LogP contribution >= 0.6 is 0 Å². The van der Waals surface area contributed by atoms with Gasteiger partial charge < -0.3 is 19.7 Å². The lowest BCUT2D eigenvalue weighted by atomic mass is 10.1. The zero-order valence-electron chi connectivity index (χ0n) is 16.3. The van der Waals surface area contributed by atoms with Crippen molar-refractivity contribution in [1.29, 1.82) is 0 Å². The molecule has 0 spiro atoms. The van der Waals surface area contributed by atoms with Crippen LogP contribution in [0, 0.1) is 11.6 Å². The van der Waals surface area contributed by atoms with Gasteiger partial charge in [0.25, 0.3) is 11.8 Å². The number of hydrogen-bond acceptors (Lipinski definition) is 6. The first-order chi connectivity index (χ1) is 14.2. The number of pyridine rings is 1. The Balaban J connectivity index is 1.86. The molecule has 0 saturated heterocycles. The van der Waals surface area contributed by atoms with Crippen LogP contribution in [0.4, 0.5) is 8.78 Å². The van der Waals surface area contributed by atoms with E-state index in [1.165, 1.54) is 22.8 Å². The molecule has 2 N–H and O–H groups in total. The van der Waals surface area contributed by atoms with Crippen molar-refractivity contribution in [2.75, 3.05) is 27.3 Å². The van der Waals surface area contributed by atoms with E-state index in [4.69, 9.17) is 4.74 Å². The highest BCUT2D eigenvalue weighted by molar-refractivity contribution is 5.98. The van der Waals surface area contributed by atoms with Gasteiger partial charge in [0.05, 0.1) is 19.8 Å². The van der Waals surface area contributed by atoms with E-state index in [1.54, 1.807) is 12.1 Å². The third-order valence-electron chi connectivity index (χ3n) is 4.67. The van der Waals surface area contributed by atoms with Gasteiger partial charge in [0, 0.05) is 38.5 Å². The maximum atomic E-state index is 13.7. The van der Waals surface area contributed by atoms with E-state index >= 15 is 0 Å². The summed E-state index contributed by atoms with van der Waals surface area (Å²) in [5, 5.41) is 15.5. The highest BCUT2D eigenvalue weighted by atomic mass is 19.1. The van der Waals surface area contributed by atoms with Gasteiger partial charge in [0.1, 0.15) is 17.2 Å². The predicted molar refractivity (Wildman–Crippen MR) is 101 cm³/mol. The molecule has 30 heavy (non-hydrogen) atoms. The summed E-state index contributed by atoms with van der Waals surface area (Å²) in [5.74, 6) is -3.93. The third-order valence-corrected chi connectivity index (χ3v) is 4.67. The second kappa shape index (κ2) is 8.59. The number of methoxy groups -OCH3 is 1. The summed E-state index contributed by atoms with van der Waals surface area (Å²) in [4.78, 5) is 37.7. The molecule has 0 fully saturated rings. The number of rotatable bonds is 6. The van der Waals surface area contributed by atoms with Crippen LogP contribution in [0.15, 0.2) is 29.2 Å². The van der Waals surface area contributed by atoms with Crippen molar-refractivity contribution in [1.82, 2.24) is 19.9 Å². The summed E-state index contributed by atoms with van der Waals surface area (Å²) in [6.45, 7) is 0.258. The number of amides is 2. The molecule has 3 rings (SSSR count). The minimum absolute atomic E-state index is 0.0238. The van der Waals surface area contributed by atoms with Crippen LogP contribution in [0.1, 0.15) is 26.4 Å². The summed E-state index contributed by atoms with van der Waals surface area (Å²) in [7, 11) is 3.11. The first-order valence-corrected chi connectivity index (χ1v) is 8.95. The monoisotopic (exact) mass is 422 g/mol. The number of hydrogen-bond donors (Lipinski definition) is 2. The fourth-order valence-electron chi connectivity index (χ4n) is 3.11. The Morgan fingerprint density at radius 3 is 2.70 bits per heavy atom. The Labute approximate surface area is 170 Å². The number of carbonyl (C=O) groups is 2. The number of nitrogens with zero attached hydrogens (tertiary/aromatic N) is 3. The maximum absolute atomic E-state index is 13.7. The van der Waals surface area contributed by atoms with Crippen molar-refractivity contribution in [2.24, 2.45) is 0 Å². The number of halogens is 2. The molecule has 1 aromatic carbocycles. The molecule has 0 radical (unpaired) electrons. The number of benzene rings is 1. The smallest absolute Gasteiger partial charge is 0.288 e. The van der Waals surface area contributed by atoms with Gasteiger partial charge in [-0.2, -0.15) is 0 Å². The number of ether oxygens (including phenoxy) is 1. The van der Waals surface area contributed by atoms with E-state index in [-0.39, 0.29) is 37.6 Å². The van der Waals surface area contributed by atoms with Gasteiger partial charge in [-0.3, -0.25) is 19.4 Å². The van der Waals surface area contributed by atoms with Crippen LogP contribution in [0.25, 0.3) is 0 Å². The number of fused-ring (bicyclic) bond motifs is 1. The molecule has 1 aromatic heterocycles. The number of carbonyl (C=O) groups excluding carboxylic acids is 2. The van der Waals surface area contributed by atoms with Gasteiger partial charge in [0.2, 0.25) is 5.43 Å². The second-order valence-corrected chi connectivity index (χ2v) is 6.68. The van der Waals surface area contributed by atoms with E-state index in [2.05, 4.69) is 5.32 Å². The molecular weight excluding hydrogens is 402 g/mol. The molecule has 1 aliphatic heterocycles. The number of nitrogens with one attached hydrogen (secondary N) is 1. The van der Waals surface area contributed by atoms with Crippen molar-refractivity contribution < 1.29 is 28.2 Å². The normalized spacial score (nSPS) is 14.0. The summed E-state index contributed by atoms with van der Waals surface area (Å²) >= 11 is 0. The summed E-state index contributed by atoms with van der Waals surface area (Å²) in [6.07, 6.45) is 1.16. The lowest BCUT2D eigenvalue weighted by Crippen LogP contribution is -2.52. The molecule has 0 aliphatic carbocycles. The first-order valence-electron chi connectivity index (χ1n) is 8.95. The molecule has 2 heterocycles. The van der Waals surface area contributed by atoms with Crippen LogP contribution in [0.2, 0.25) is 0 Å². The molecule has 0 unspecified atom stereocenters. The maximum Gasteiger partial charge on any atom is 0.288 e. The van der Waals surface area contributed by atoms with Gasteiger partial charge in [0.15, 0.2) is 11.4 Å². The number of hydrazine groups is 1. The Hall–Kier alpha value is -3.31. The summed E-state index contributed by atoms with van der Waals surface area (Å²) in [6, 6.07) is 2.89.